The van der Waals surface area contributed by atoms with Crippen molar-refractivity contribution in [3.63, 3.8) is 0 Å². The van der Waals surface area contributed by atoms with E-state index >= 15 is 0 Å². The fourth-order valence-electron chi connectivity index (χ4n) is 2.75. The standard InChI is InChI=1S/C15H17BN6O5/c17-8-18-5-10-6-22(21-20-10)7-13(23)19-12-4-9-2-1-3-11(15(24)25)14(9)27-16(12)26/h1-3,6,8,12,26H,4-5,7H2,(H2,17,18)(H,19,23)(H,24,25)/t12-/m0/s1. The number of hydrogen-bond acceptors (Lipinski definition) is 7. The first-order valence-corrected chi connectivity index (χ1v) is 8.06. The number of nitrogens with one attached hydrogen (secondary N) is 1. The van der Waals surface area contributed by atoms with Crippen LogP contribution in [0.5, 0.6) is 5.75 Å². The third-order valence-corrected chi connectivity index (χ3v) is 3.95. The van der Waals surface area contributed by atoms with Gasteiger partial charge in [0.1, 0.15) is 18.0 Å². The smallest absolute Gasteiger partial charge is 0.534 e. The first-order chi connectivity index (χ1) is 13.0. The van der Waals surface area contributed by atoms with Crippen LogP contribution in [0.4, 0.5) is 0 Å². The van der Waals surface area contributed by atoms with E-state index in [0.717, 1.165) is 6.34 Å². The number of carbonyl (C=O) groups is 2. The van der Waals surface area contributed by atoms with Gasteiger partial charge in [-0.1, -0.05) is 17.3 Å². The van der Waals surface area contributed by atoms with Gasteiger partial charge in [0.2, 0.25) is 5.91 Å². The predicted octanol–water partition coefficient (Wildman–Crippen LogP) is -1.40. The van der Waals surface area contributed by atoms with E-state index in [2.05, 4.69) is 20.6 Å². The van der Waals surface area contributed by atoms with Gasteiger partial charge < -0.3 is 25.8 Å². The predicted molar refractivity (Wildman–Crippen MR) is 94.0 cm³/mol. The van der Waals surface area contributed by atoms with Gasteiger partial charge in [-0.2, -0.15) is 0 Å². The number of para-hydroxylation sites is 1. The molecule has 0 saturated carbocycles. The normalized spacial score (nSPS) is 16.0. The van der Waals surface area contributed by atoms with E-state index in [4.69, 9.17) is 10.4 Å². The summed E-state index contributed by atoms with van der Waals surface area (Å²) in [5.74, 6) is -2.16. The summed E-state index contributed by atoms with van der Waals surface area (Å²) in [6, 6.07) is 4.67. The highest BCUT2D eigenvalue weighted by Gasteiger charge is 2.37. The molecule has 27 heavy (non-hydrogen) atoms. The van der Waals surface area contributed by atoms with Crippen molar-refractivity contribution in [2.45, 2.75) is 25.5 Å². The Balaban J connectivity index is 1.64. The Hall–Kier alpha value is -3.41. The summed E-state index contributed by atoms with van der Waals surface area (Å²) >= 11 is 0. The molecule has 140 valence electrons. The number of aromatic carboxylic acids is 1. The van der Waals surface area contributed by atoms with E-state index in [1.807, 2.05) is 0 Å². The summed E-state index contributed by atoms with van der Waals surface area (Å²) in [6.07, 6.45) is 2.95. The van der Waals surface area contributed by atoms with Gasteiger partial charge in [-0.15, -0.1) is 5.10 Å². The number of nitrogens with zero attached hydrogens (tertiary/aromatic N) is 4. The molecule has 0 unspecified atom stereocenters. The number of benzene rings is 1. The fraction of sp³-hybridized carbons (Fsp3) is 0.267. The number of nitrogens with two attached hydrogens (primary N) is 1. The quantitative estimate of drug-likeness (QED) is 0.273. The summed E-state index contributed by atoms with van der Waals surface area (Å²) in [7, 11) is -1.37. The topological polar surface area (TPSA) is 165 Å². The van der Waals surface area contributed by atoms with Crippen LogP contribution >= 0.6 is 0 Å². The van der Waals surface area contributed by atoms with Crippen LogP contribution in [0, 0.1) is 0 Å². The molecule has 12 heteroatoms. The van der Waals surface area contributed by atoms with Gasteiger partial charge in [-0.25, -0.2) is 9.48 Å². The van der Waals surface area contributed by atoms with Crippen LogP contribution < -0.4 is 15.7 Å². The van der Waals surface area contributed by atoms with Crippen molar-refractivity contribution in [3.05, 3.63) is 41.2 Å². The second kappa shape index (κ2) is 7.87. The van der Waals surface area contributed by atoms with Crippen LogP contribution in [0.2, 0.25) is 0 Å². The van der Waals surface area contributed by atoms with E-state index in [1.165, 1.54) is 10.7 Å². The number of carboxylic acids is 1. The van der Waals surface area contributed by atoms with E-state index in [-0.39, 0.29) is 30.8 Å². The molecule has 5 N–H and O–H groups in total. The number of rotatable bonds is 6. The molecule has 0 fully saturated rings. The van der Waals surface area contributed by atoms with Crippen molar-refractivity contribution < 1.29 is 24.4 Å². The third kappa shape index (κ3) is 4.23. The van der Waals surface area contributed by atoms with Crippen molar-refractivity contribution in [1.82, 2.24) is 20.3 Å². The van der Waals surface area contributed by atoms with Gasteiger partial charge in [0, 0.05) is 0 Å². The molecule has 0 bridgehead atoms. The van der Waals surface area contributed by atoms with Crippen LogP contribution in [0.15, 0.2) is 29.4 Å². The molecule has 0 spiro atoms. The lowest BCUT2D eigenvalue weighted by atomic mass is 9.72. The summed E-state index contributed by atoms with van der Waals surface area (Å²) in [4.78, 5) is 27.3. The first kappa shape index (κ1) is 18.4. The highest BCUT2D eigenvalue weighted by atomic mass is 16.5. The van der Waals surface area contributed by atoms with Gasteiger partial charge in [-0.05, 0) is 18.1 Å². The molecule has 1 aliphatic heterocycles. The van der Waals surface area contributed by atoms with Crippen molar-refractivity contribution in [3.8, 4) is 5.75 Å². The SMILES string of the molecule is NC=NCc1cn(CC(=O)N[C@H]2Cc3cccc(C(=O)O)c3OB2O)nn1. The van der Waals surface area contributed by atoms with Gasteiger partial charge in [-0.3, -0.25) is 9.79 Å². The average Bonchev–Trinajstić information content (AvgIpc) is 3.07. The highest BCUT2D eigenvalue weighted by Crippen LogP contribution is 2.30. The number of carboxylic acid groups (broad SMARTS) is 1. The minimum atomic E-state index is -1.37. The maximum absolute atomic E-state index is 12.2. The van der Waals surface area contributed by atoms with Crippen LogP contribution in [0.25, 0.3) is 0 Å². The van der Waals surface area contributed by atoms with E-state index in [9.17, 15) is 19.7 Å². The van der Waals surface area contributed by atoms with Crippen LogP contribution in [-0.2, 0) is 24.3 Å². The zero-order valence-corrected chi connectivity index (χ0v) is 14.1. The summed E-state index contributed by atoms with van der Waals surface area (Å²) in [6.45, 7) is 0.153. The lowest BCUT2D eigenvalue weighted by molar-refractivity contribution is -0.122. The zero-order chi connectivity index (χ0) is 19.4. The molecule has 1 amide bonds. The molecule has 1 atom stereocenters. The fourth-order valence-corrected chi connectivity index (χ4v) is 2.75. The van der Waals surface area contributed by atoms with Crippen LogP contribution in [-0.4, -0.2) is 56.4 Å². The molecule has 1 aliphatic rings. The largest absolute Gasteiger partial charge is 0.547 e. The Labute approximate surface area is 154 Å². The molecule has 1 aromatic carbocycles. The summed E-state index contributed by atoms with van der Waals surface area (Å²) in [5, 5.41) is 29.7. The van der Waals surface area contributed by atoms with E-state index in [0.29, 0.717) is 11.3 Å². The Morgan fingerprint density at radius 1 is 1.52 bits per heavy atom. The number of carbonyl (C=O) groups excluding carboxylic acids is 1. The van der Waals surface area contributed by atoms with Crippen molar-refractivity contribution in [2.24, 2.45) is 10.7 Å². The molecular weight excluding hydrogens is 355 g/mol. The number of aliphatic imine (C=N–C) groups is 1. The van der Waals surface area contributed by atoms with Crippen LogP contribution in [0.3, 0.4) is 0 Å². The van der Waals surface area contributed by atoms with Gasteiger partial charge in [0.05, 0.1) is 30.6 Å². The molecule has 2 heterocycles. The average molecular weight is 372 g/mol. The van der Waals surface area contributed by atoms with E-state index in [1.54, 1.807) is 18.3 Å². The summed E-state index contributed by atoms with van der Waals surface area (Å²) < 4.78 is 6.67. The van der Waals surface area contributed by atoms with Crippen molar-refractivity contribution in [2.75, 3.05) is 0 Å². The Morgan fingerprint density at radius 3 is 3.07 bits per heavy atom. The van der Waals surface area contributed by atoms with Crippen molar-refractivity contribution in [1.29, 1.82) is 0 Å². The molecule has 0 saturated heterocycles. The van der Waals surface area contributed by atoms with Gasteiger partial charge in [0.15, 0.2) is 0 Å². The van der Waals surface area contributed by atoms with E-state index < -0.39 is 24.9 Å². The zero-order valence-electron chi connectivity index (χ0n) is 14.1. The first-order valence-electron chi connectivity index (χ1n) is 8.06. The second-order valence-corrected chi connectivity index (χ2v) is 5.88. The minimum absolute atomic E-state index is 0.0355. The number of fused-ring (bicyclic) bond motifs is 1. The number of hydrogen-bond donors (Lipinski definition) is 4. The molecule has 3 rings (SSSR count). The number of amides is 1. The van der Waals surface area contributed by atoms with Crippen LogP contribution in [0.1, 0.15) is 21.6 Å². The molecule has 0 aliphatic carbocycles. The molecule has 2 aromatic rings. The third-order valence-electron chi connectivity index (χ3n) is 3.95. The summed E-state index contributed by atoms with van der Waals surface area (Å²) in [5.41, 5.74) is 6.27. The molecular formula is C15H17BN6O5. The highest BCUT2D eigenvalue weighted by molar-refractivity contribution is 6.47. The molecule has 1 aromatic heterocycles. The number of aromatic nitrogens is 3. The Kier molecular flexibility index (Phi) is 5.36. The lowest BCUT2D eigenvalue weighted by Gasteiger charge is -2.28. The van der Waals surface area contributed by atoms with Crippen molar-refractivity contribution >= 4 is 25.3 Å². The monoisotopic (exact) mass is 372 g/mol. The van der Waals surface area contributed by atoms with Gasteiger partial charge >= 0.3 is 13.1 Å². The lowest BCUT2D eigenvalue weighted by Crippen LogP contribution is -2.53. The molecule has 11 nitrogen and oxygen atoms in total. The second-order valence-electron chi connectivity index (χ2n) is 5.88. The minimum Gasteiger partial charge on any atom is -0.534 e. The Morgan fingerprint density at radius 2 is 2.33 bits per heavy atom. The Bertz CT molecular complexity index is 885. The maximum Gasteiger partial charge on any atom is 0.547 e. The van der Waals surface area contributed by atoms with Gasteiger partial charge in [0.25, 0.3) is 0 Å². The molecule has 0 radical (unpaired) electrons. The maximum atomic E-state index is 12.2.